The topological polar surface area (TPSA) is 141 Å². The van der Waals surface area contributed by atoms with Crippen molar-refractivity contribution in [2.45, 2.75) is 79.2 Å². The van der Waals surface area contributed by atoms with Gasteiger partial charge in [0.05, 0.1) is 13.2 Å². The fourth-order valence-corrected chi connectivity index (χ4v) is 2.94. The van der Waals surface area contributed by atoms with E-state index in [1.165, 1.54) is 19.4 Å². The molecule has 0 heterocycles. The molecule has 0 rings (SSSR count). The largest absolute Gasteiger partial charge is 0.490 e. The monoisotopic (exact) mass is 496 g/mol. The average molecular weight is 497 g/mol. The summed E-state index contributed by atoms with van der Waals surface area (Å²) in [5.41, 5.74) is 4.96. The van der Waals surface area contributed by atoms with Crippen molar-refractivity contribution in [2.75, 3.05) is 20.2 Å². The van der Waals surface area contributed by atoms with E-state index in [1.54, 1.807) is 19.9 Å². The maximum atomic E-state index is 12.9. The van der Waals surface area contributed by atoms with Gasteiger partial charge in [-0.25, -0.2) is 9.59 Å². The minimum Gasteiger partial charge on any atom is -0.490 e. The Balaban J connectivity index is 4.99. The predicted octanol–water partition coefficient (Wildman–Crippen LogP) is 2.86. The molecule has 0 aromatic carbocycles. The Morgan fingerprint density at radius 2 is 1.71 bits per heavy atom. The maximum absolute atomic E-state index is 12.9. The zero-order valence-electron chi connectivity index (χ0n) is 22.2. The molecule has 200 valence electrons. The van der Waals surface area contributed by atoms with Crippen LogP contribution in [0.25, 0.3) is 0 Å². The normalized spacial score (nSPS) is 14.9. The lowest BCUT2D eigenvalue weighted by molar-refractivity contribution is -0.150. The number of ether oxygens (including phenoxy) is 3. The molecule has 0 saturated heterocycles. The highest BCUT2D eigenvalue weighted by Crippen LogP contribution is 2.20. The minimum absolute atomic E-state index is 0.0843. The van der Waals surface area contributed by atoms with Gasteiger partial charge in [-0.3, -0.25) is 10.1 Å². The highest BCUT2D eigenvalue weighted by Gasteiger charge is 2.33. The SMILES string of the molecule is C/C=C\C[C@@H](C/C=C\NC(=O)[C@@H](NC(C)OC(=O)/C(=C\C)OC)C(C)(C)C)OC(=O)NCCCN. The van der Waals surface area contributed by atoms with Crippen molar-refractivity contribution in [1.29, 1.82) is 0 Å². The predicted molar refractivity (Wildman–Crippen MR) is 136 cm³/mol. The number of hydrogen-bond donors (Lipinski definition) is 4. The minimum atomic E-state index is -0.733. The lowest BCUT2D eigenvalue weighted by atomic mass is 9.86. The molecule has 0 aliphatic carbocycles. The molecule has 1 unspecified atom stereocenters. The third-order valence-corrected chi connectivity index (χ3v) is 4.80. The third kappa shape index (κ3) is 14.2. The smallest absolute Gasteiger partial charge is 0.407 e. The summed E-state index contributed by atoms with van der Waals surface area (Å²) in [6.07, 6.45) is 8.58. The summed E-state index contributed by atoms with van der Waals surface area (Å²) in [6.45, 7) is 11.8. The first-order chi connectivity index (χ1) is 16.5. The number of alkyl carbamates (subject to hydrolysis) is 1. The highest BCUT2D eigenvalue weighted by molar-refractivity contribution is 5.86. The number of carbonyl (C=O) groups is 3. The van der Waals surface area contributed by atoms with Crippen LogP contribution in [0.15, 0.2) is 36.3 Å². The van der Waals surface area contributed by atoms with E-state index in [9.17, 15) is 14.4 Å². The zero-order valence-corrected chi connectivity index (χ0v) is 22.2. The molecule has 0 radical (unpaired) electrons. The van der Waals surface area contributed by atoms with E-state index in [2.05, 4.69) is 16.0 Å². The van der Waals surface area contributed by atoms with Gasteiger partial charge in [0, 0.05) is 19.4 Å². The van der Waals surface area contributed by atoms with Crippen LogP contribution < -0.4 is 21.7 Å². The number of rotatable bonds is 15. The molecule has 0 saturated carbocycles. The molecule has 0 bridgehead atoms. The van der Waals surface area contributed by atoms with Crippen LogP contribution in [0.4, 0.5) is 4.79 Å². The van der Waals surface area contributed by atoms with Crippen LogP contribution in [0.3, 0.4) is 0 Å². The van der Waals surface area contributed by atoms with Crippen molar-refractivity contribution in [2.24, 2.45) is 11.1 Å². The maximum Gasteiger partial charge on any atom is 0.407 e. The van der Waals surface area contributed by atoms with Crippen molar-refractivity contribution in [1.82, 2.24) is 16.0 Å². The summed E-state index contributed by atoms with van der Waals surface area (Å²) in [7, 11) is 1.38. The average Bonchev–Trinajstić information content (AvgIpc) is 2.78. The molecule has 10 nitrogen and oxygen atoms in total. The number of nitrogens with one attached hydrogen (secondary N) is 3. The molecule has 2 amide bonds. The Kier molecular flexibility index (Phi) is 16.1. The van der Waals surface area contributed by atoms with Gasteiger partial charge in [-0.2, -0.15) is 0 Å². The van der Waals surface area contributed by atoms with Crippen LogP contribution in [0, 0.1) is 5.41 Å². The molecule has 0 aliphatic heterocycles. The molecule has 0 fully saturated rings. The quantitative estimate of drug-likeness (QED) is 0.0677. The van der Waals surface area contributed by atoms with Crippen LogP contribution in [-0.4, -0.2) is 56.5 Å². The highest BCUT2D eigenvalue weighted by atomic mass is 16.6. The Morgan fingerprint density at radius 1 is 1.06 bits per heavy atom. The van der Waals surface area contributed by atoms with Crippen molar-refractivity contribution in [3.63, 3.8) is 0 Å². The van der Waals surface area contributed by atoms with E-state index in [0.717, 1.165) is 0 Å². The fraction of sp³-hybridized carbons (Fsp3) is 0.640. The second-order valence-electron chi connectivity index (χ2n) is 8.92. The first-order valence-electron chi connectivity index (χ1n) is 11.9. The van der Waals surface area contributed by atoms with Crippen LogP contribution in [0.2, 0.25) is 0 Å². The zero-order chi connectivity index (χ0) is 26.9. The molecule has 0 aliphatic rings. The summed E-state index contributed by atoms with van der Waals surface area (Å²) in [5, 5.41) is 8.47. The molecule has 0 spiro atoms. The molecule has 3 atom stereocenters. The van der Waals surface area contributed by atoms with E-state index >= 15 is 0 Å². The number of methoxy groups -OCH3 is 1. The van der Waals surface area contributed by atoms with Gasteiger partial charge in [0.15, 0.2) is 12.0 Å². The van der Waals surface area contributed by atoms with Crippen LogP contribution in [-0.2, 0) is 23.8 Å². The first kappa shape index (κ1) is 32.1. The second kappa shape index (κ2) is 17.6. The van der Waals surface area contributed by atoms with Crippen molar-refractivity contribution in [3.8, 4) is 0 Å². The molecule has 0 aromatic heterocycles. The Bertz CT molecular complexity index is 743. The van der Waals surface area contributed by atoms with E-state index in [1.807, 2.05) is 39.8 Å². The van der Waals surface area contributed by atoms with Gasteiger partial charge in [0.2, 0.25) is 5.91 Å². The Labute approximate surface area is 209 Å². The molecule has 10 heteroatoms. The van der Waals surface area contributed by atoms with E-state index in [-0.39, 0.29) is 17.8 Å². The molecule has 35 heavy (non-hydrogen) atoms. The van der Waals surface area contributed by atoms with Crippen molar-refractivity contribution >= 4 is 18.0 Å². The summed E-state index contributed by atoms with van der Waals surface area (Å²) in [6, 6.07) is -0.657. The molecule has 5 N–H and O–H groups in total. The lowest BCUT2D eigenvalue weighted by Crippen LogP contribution is -2.54. The summed E-state index contributed by atoms with van der Waals surface area (Å²) in [4.78, 5) is 36.9. The Morgan fingerprint density at radius 3 is 2.26 bits per heavy atom. The van der Waals surface area contributed by atoms with Gasteiger partial charge in [0.1, 0.15) is 6.10 Å². The van der Waals surface area contributed by atoms with Crippen molar-refractivity contribution < 1.29 is 28.6 Å². The van der Waals surface area contributed by atoms with Gasteiger partial charge >= 0.3 is 12.1 Å². The summed E-state index contributed by atoms with van der Waals surface area (Å²) >= 11 is 0. The first-order valence-corrected chi connectivity index (χ1v) is 11.9. The fourth-order valence-electron chi connectivity index (χ4n) is 2.94. The van der Waals surface area contributed by atoms with E-state index in [4.69, 9.17) is 19.9 Å². The molecular weight excluding hydrogens is 452 g/mol. The van der Waals surface area contributed by atoms with Crippen LogP contribution >= 0.6 is 0 Å². The molecule has 0 aromatic rings. The number of amides is 2. The summed E-state index contributed by atoms with van der Waals surface area (Å²) < 4.78 is 15.7. The number of esters is 1. The van der Waals surface area contributed by atoms with Gasteiger partial charge in [-0.05, 0) is 51.4 Å². The lowest BCUT2D eigenvalue weighted by Gasteiger charge is -2.32. The number of hydrogen-bond acceptors (Lipinski definition) is 8. The summed E-state index contributed by atoms with van der Waals surface area (Å²) in [5.74, 6) is -0.830. The Hall–Kier alpha value is -2.85. The van der Waals surface area contributed by atoms with Gasteiger partial charge in [-0.15, -0.1) is 0 Å². The van der Waals surface area contributed by atoms with Gasteiger partial charge in [-0.1, -0.05) is 39.0 Å². The van der Waals surface area contributed by atoms with Gasteiger partial charge in [0.25, 0.3) is 0 Å². The van der Waals surface area contributed by atoms with E-state index in [0.29, 0.717) is 32.4 Å². The number of allylic oxidation sites excluding steroid dienone is 2. The number of carbonyl (C=O) groups excluding carboxylic acids is 3. The van der Waals surface area contributed by atoms with Crippen molar-refractivity contribution in [3.05, 3.63) is 36.3 Å². The molecular formula is C25H44N4O6. The second-order valence-corrected chi connectivity index (χ2v) is 8.92. The third-order valence-electron chi connectivity index (χ3n) is 4.80. The van der Waals surface area contributed by atoms with E-state index < -0.39 is 29.7 Å². The number of nitrogens with two attached hydrogens (primary N) is 1. The van der Waals surface area contributed by atoms with Crippen LogP contribution in [0.5, 0.6) is 0 Å². The van der Waals surface area contributed by atoms with Crippen LogP contribution in [0.1, 0.15) is 60.8 Å². The standard InChI is InChI=1S/C25H44N4O6/c1-8-10-13-19(35-24(32)28-17-12-15-26)14-11-16-27-22(30)21(25(4,5)6)29-18(3)34-23(31)20(9-2)33-7/h8-11,16,18-19,21,29H,12-15,17,26H2,1-7H3,(H,27,30)(H,28,32)/b10-8-,16-11-,20-9+/t18?,19-,21+/m0/s1. The van der Waals surface area contributed by atoms with Gasteiger partial charge < -0.3 is 30.6 Å².